The lowest BCUT2D eigenvalue weighted by Crippen LogP contribution is -2.41. The van der Waals surface area contributed by atoms with Crippen molar-refractivity contribution in [1.29, 1.82) is 0 Å². The van der Waals surface area contributed by atoms with Crippen molar-refractivity contribution in [2.75, 3.05) is 13.1 Å². The van der Waals surface area contributed by atoms with Gasteiger partial charge < -0.3 is 9.67 Å². The Morgan fingerprint density at radius 2 is 1.95 bits per heavy atom. The molecule has 0 radical (unpaired) electrons. The molecule has 4 aromatic rings. The van der Waals surface area contributed by atoms with E-state index in [4.69, 9.17) is 0 Å². The van der Waals surface area contributed by atoms with Crippen molar-refractivity contribution in [3.8, 4) is 5.69 Å². The number of alkyl halides is 3. The van der Waals surface area contributed by atoms with Crippen LogP contribution in [0, 0.1) is 11.8 Å². The molecular weight excluding hydrogens is 521 g/mol. The van der Waals surface area contributed by atoms with E-state index in [9.17, 15) is 23.1 Å². The average molecular weight is 555 g/mol. The normalized spacial score (nSPS) is 21.6. The lowest BCUT2D eigenvalue weighted by Gasteiger charge is -2.34. The number of fused-ring (bicyclic) bond motifs is 1. The standard InChI is InChI=1S/C29H33F3N6O2/c1-18-13-36(10-9-25(18)39)14-19-11-23(29(30,31)32)24-16-37(28(40)38(24)15-19)22-8-4-7-21(12-22)26(20-5-3-6-20)27-34-33-17-35(27)2/h4,7-8,11-12,15-18,20,25-26,39H,3,5-6,9-10,13-14H2,1-2H3/t18-,25-,26+/m0/s1. The Morgan fingerprint density at radius 1 is 1.15 bits per heavy atom. The second kappa shape index (κ2) is 10.2. The van der Waals surface area contributed by atoms with Gasteiger partial charge in [0.05, 0.1) is 22.9 Å². The summed E-state index contributed by atoms with van der Waals surface area (Å²) in [6.07, 6.45) is 3.25. The number of halogens is 3. The molecule has 0 bridgehead atoms. The maximum absolute atomic E-state index is 14.2. The molecule has 6 rings (SSSR count). The number of hydrogen-bond donors (Lipinski definition) is 1. The number of aliphatic hydroxyl groups is 1. The van der Waals surface area contributed by atoms with Gasteiger partial charge in [0, 0.05) is 45.0 Å². The number of aliphatic hydroxyl groups excluding tert-OH is 1. The van der Waals surface area contributed by atoms with Gasteiger partial charge in [0.1, 0.15) is 12.2 Å². The average Bonchev–Trinajstić information content (AvgIpc) is 3.45. The van der Waals surface area contributed by atoms with Crippen LogP contribution < -0.4 is 5.69 Å². The quantitative estimate of drug-likeness (QED) is 0.383. The number of rotatable bonds is 6. The molecule has 3 atom stereocenters. The maximum Gasteiger partial charge on any atom is 0.418 e. The smallest absolute Gasteiger partial charge is 0.393 e. The van der Waals surface area contributed by atoms with E-state index in [1.807, 2.05) is 41.6 Å². The van der Waals surface area contributed by atoms with Crippen LogP contribution in [0.4, 0.5) is 13.2 Å². The van der Waals surface area contributed by atoms with Crippen molar-refractivity contribution in [3.63, 3.8) is 0 Å². The highest BCUT2D eigenvalue weighted by Gasteiger charge is 2.36. The summed E-state index contributed by atoms with van der Waals surface area (Å²) in [5.74, 6) is 1.23. The Kier molecular flexibility index (Phi) is 6.82. The van der Waals surface area contributed by atoms with Crippen molar-refractivity contribution in [2.24, 2.45) is 18.9 Å². The molecule has 40 heavy (non-hydrogen) atoms. The summed E-state index contributed by atoms with van der Waals surface area (Å²) in [6, 6.07) is 8.59. The van der Waals surface area contributed by atoms with Gasteiger partial charge in [-0.1, -0.05) is 25.5 Å². The summed E-state index contributed by atoms with van der Waals surface area (Å²) in [4.78, 5) is 15.6. The van der Waals surface area contributed by atoms with Gasteiger partial charge in [-0.15, -0.1) is 10.2 Å². The first-order valence-electron chi connectivity index (χ1n) is 13.8. The molecule has 1 saturated carbocycles. The summed E-state index contributed by atoms with van der Waals surface area (Å²) in [5, 5.41) is 18.4. The lowest BCUT2D eigenvalue weighted by atomic mass is 9.72. The Bertz CT molecular complexity index is 1580. The van der Waals surface area contributed by atoms with Gasteiger partial charge in [0.15, 0.2) is 0 Å². The van der Waals surface area contributed by atoms with E-state index in [0.717, 1.165) is 41.1 Å². The number of aromatic nitrogens is 5. The summed E-state index contributed by atoms with van der Waals surface area (Å²) in [6.45, 7) is 3.36. The van der Waals surface area contributed by atoms with Gasteiger partial charge in [0.25, 0.3) is 0 Å². The molecule has 0 spiro atoms. The van der Waals surface area contributed by atoms with Crippen LogP contribution in [0.3, 0.4) is 0 Å². The molecule has 8 nitrogen and oxygen atoms in total. The van der Waals surface area contributed by atoms with Gasteiger partial charge in [-0.05, 0) is 60.4 Å². The number of piperidine rings is 1. The largest absolute Gasteiger partial charge is 0.418 e. The summed E-state index contributed by atoms with van der Waals surface area (Å²) in [5.41, 5.74) is 0.293. The Morgan fingerprint density at radius 3 is 2.60 bits per heavy atom. The Labute approximate surface area is 229 Å². The fourth-order valence-corrected chi connectivity index (χ4v) is 6.21. The number of aryl methyl sites for hydroxylation is 1. The number of benzene rings is 1. The molecule has 1 aliphatic heterocycles. The molecule has 3 aromatic heterocycles. The van der Waals surface area contributed by atoms with Crippen LogP contribution >= 0.6 is 0 Å². The molecule has 1 aliphatic carbocycles. The van der Waals surface area contributed by atoms with Gasteiger partial charge in [-0.25, -0.2) is 4.79 Å². The minimum Gasteiger partial charge on any atom is -0.393 e. The Balaban J connectivity index is 1.41. The zero-order chi connectivity index (χ0) is 28.2. The van der Waals surface area contributed by atoms with E-state index in [2.05, 4.69) is 10.2 Å². The first-order chi connectivity index (χ1) is 19.1. The van der Waals surface area contributed by atoms with Crippen LogP contribution in [-0.4, -0.2) is 52.9 Å². The van der Waals surface area contributed by atoms with E-state index in [1.165, 1.54) is 17.0 Å². The summed E-state index contributed by atoms with van der Waals surface area (Å²) < 4.78 is 47.0. The first kappa shape index (κ1) is 26.8. The molecule has 11 heteroatoms. The van der Waals surface area contributed by atoms with Crippen LogP contribution in [-0.2, 0) is 19.8 Å². The van der Waals surface area contributed by atoms with Crippen LogP contribution in [0.2, 0.25) is 0 Å². The number of likely N-dealkylation sites (tertiary alicyclic amines) is 1. The van der Waals surface area contributed by atoms with Crippen LogP contribution in [0.5, 0.6) is 0 Å². The fourth-order valence-electron chi connectivity index (χ4n) is 6.21. The van der Waals surface area contributed by atoms with Crippen molar-refractivity contribution < 1.29 is 18.3 Å². The lowest BCUT2D eigenvalue weighted by molar-refractivity contribution is -0.136. The monoisotopic (exact) mass is 554 g/mol. The molecule has 1 aromatic carbocycles. The van der Waals surface area contributed by atoms with Crippen molar-refractivity contribution in [3.05, 3.63) is 82.1 Å². The van der Waals surface area contributed by atoms with E-state index in [1.54, 1.807) is 12.4 Å². The number of nitrogens with zero attached hydrogens (tertiary/aromatic N) is 6. The van der Waals surface area contributed by atoms with Gasteiger partial charge in [0.2, 0.25) is 0 Å². The van der Waals surface area contributed by atoms with Gasteiger partial charge in [-0.2, -0.15) is 13.2 Å². The topological polar surface area (TPSA) is 80.6 Å². The molecule has 2 fully saturated rings. The summed E-state index contributed by atoms with van der Waals surface area (Å²) >= 11 is 0. The number of imidazole rings is 1. The van der Waals surface area contributed by atoms with Crippen molar-refractivity contribution in [2.45, 2.75) is 57.3 Å². The highest BCUT2D eigenvalue weighted by molar-refractivity contribution is 5.58. The number of hydrogen-bond acceptors (Lipinski definition) is 5. The second-order valence-electron chi connectivity index (χ2n) is 11.4. The number of pyridine rings is 1. The van der Waals surface area contributed by atoms with Gasteiger partial charge in [-0.3, -0.25) is 13.9 Å². The third kappa shape index (κ3) is 4.85. The van der Waals surface area contributed by atoms with Crippen molar-refractivity contribution >= 4 is 5.52 Å². The molecule has 2 aliphatic rings. The first-order valence-corrected chi connectivity index (χ1v) is 13.8. The van der Waals surface area contributed by atoms with E-state index in [-0.39, 0.29) is 23.9 Å². The molecule has 0 amide bonds. The van der Waals surface area contributed by atoms with Crippen LogP contribution in [0.1, 0.15) is 61.0 Å². The molecule has 1 N–H and O–H groups in total. The second-order valence-corrected chi connectivity index (χ2v) is 11.4. The van der Waals surface area contributed by atoms with Crippen LogP contribution in [0.15, 0.2) is 53.8 Å². The highest BCUT2D eigenvalue weighted by atomic mass is 19.4. The molecule has 1 saturated heterocycles. The van der Waals surface area contributed by atoms with E-state index in [0.29, 0.717) is 36.7 Å². The minimum atomic E-state index is -4.63. The van der Waals surface area contributed by atoms with E-state index >= 15 is 0 Å². The highest BCUT2D eigenvalue weighted by Crippen LogP contribution is 2.43. The fraction of sp³-hybridized carbons (Fsp3) is 0.483. The molecule has 4 heterocycles. The predicted octanol–water partition coefficient (Wildman–Crippen LogP) is 4.37. The SMILES string of the molecule is C[C@H]1CN(Cc2cc(C(F)(F)F)c3cn(-c4cccc([C@H](c5nncn5C)C5CCC5)c4)c(=O)n3c2)CC[C@@H]1O. The van der Waals surface area contributed by atoms with Gasteiger partial charge >= 0.3 is 11.9 Å². The van der Waals surface area contributed by atoms with E-state index < -0.39 is 23.5 Å². The van der Waals surface area contributed by atoms with Crippen LogP contribution in [0.25, 0.3) is 11.2 Å². The van der Waals surface area contributed by atoms with Crippen molar-refractivity contribution in [1.82, 2.24) is 28.6 Å². The zero-order valence-electron chi connectivity index (χ0n) is 22.6. The minimum absolute atomic E-state index is 0.0169. The predicted molar refractivity (Wildman–Crippen MR) is 143 cm³/mol. The molecule has 0 unspecified atom stereocenters. The Hall–Kier alpha value is -3.44. The maximum atomic E-state index is 14.2. The zero-order valence-corrected chi connectivity index (χ0v) is 22.6. The third-order valence-corrected chi connectivity index (χ3v) is 8.63. The summed E-state index contributed by atoms with van der Waals surface area (Å²) in [7, 11) is 1.90. The molecule has 212 valence electrons. The third-order valence-electron chi connectivity index (χ3n) is 8.63. The molecular formula is C29H33F3N6O2.